The van der Waals surface area contributed by atoms with Gasteiger partial charge in [0.2, 0.25) is 5.78 Å². The maximum Gasteiger partial charge on any atom is 0.382 e. The van der Waals surface area contributed by atoms with E-state index < -0.39 is 17.7 Å². The van der Waals surface area contributed by atoms with E-state index in [4.69, 9.17) is 0 Å². The summed E-state index contributed by atoms with van der Waals surface area (Å²) in [7, 11) is 0. The molecular formula is C10H8O4. The smallest absolute Gasteiger partial charge is 0.382 e. The van der Waals surface area contributed by atoms with Crippen LogP contribution in [-0.4, -0.2) is 17.7 Å². The Hall–Kier alpha value is -1.97. The molecule has 0 N–H and O–H groups in total. The number of rotatable bonds is 2. The standard InChI is InChI=1S/C10H8O4/c1-7(11)9(12)14-10(13)8-5-3-2-4-6-8/h2-6H,1H3. The van der Waals surface area contributed by atoms with Crippen LogP contribution in [0.5, 0.6) is 0 Å². The lowest BCUT2D eigenvalue weighted by Gasteiger charge is -1.99. The first-order valence-electron chi connectivity index (χ1n) is 3.93. The average Bonchev–Trinajstić information content (AvgIpc) is 2.19. The molecule has 0 heterocycles. The van der Waals surface area contributed by atoms with Gasteiger partial charge in [0.05, 0.1) is 5.56 Å². The SMILES string of the molecule is CC(=O)C(=O)OC(=O)c1ccccc1. The Labute approximate surface area is 80.5 Å². The molecule has 0 unspecified atom stereocenters. The summed E-state index contributed by atoms with van der Waals surface area (Å²) in [5, 5.41) is 0. The Bertz CT molecular complexity index is 367. The van der Waals surface area contributed by atoms with Gasteiger partial charge in [0.25, 0.3) is 0 Å². The lowest BCUT2D eigenvalue weighted by Crippen LogP contribution is -2.18. The first-order chi connectivity index (χ1) is 6.61. The second kappa shape index (κ2) is 4.32. The van der Waals surface area contributed by atoms with E-state index in [1.165, 1.54) is 12.1 Å². The van der Waals surface area contributed by atoms with Gasteiger partial charge in [0.1, 0.15) is 0 Å². The van der Waals surface area contributed by atoms with E-state index in [1.807, 2.05) is 0 Å². The molecule has 0 radical (unpaired) electrons. The Morgan fingerprint density at radius 3 is 2.14 bits per heavy atom. The first kappa shape index (κ1) is 10.1. The molecule has 1 aromatic carbocycles. The molecule has 0 aliphatic rings. The average molecular weight is 192 g/mol. The van der Waals surface area contributed by atoms with Crippen molar-refractivity contribution in [1.29, 1.82) is 0 Å². The number of Topliss-reactive ketones (excluding diaryl/α,β-unsaturated/α-hetero) is 1. The fourth-order valence-electron chi connectivity index (χ4n) is 0.789. The van der Waals surface area contributed by atoms with Crippen LogP contribution in [0, 0.1) is 0 Å². The maximum atomic E-state index is 11.2. The fourth-order valence-corrected chi connectivity index (χ4v) is 0.789. The van der Waals surface area contributed by atoms with E-state index in [1.54, 1.807) is 18.2 Å². The summed E-state index contributed by atoms with van der Waals surface area (Å²) >= 11 is 0. The zero-order valence-corrected chi connectivity index (χ0v) is 7.52. The molecular weight excluding hydrogens is 184 g/mol. The molecule has 0 aromatic heterocycles. The highest BCUT2D eigenvalue weighted by Crippen LogP contribution is 2.01. The summed E-state index contributed by atoms with van der Waals surface area (Å²) in [4.78, 5) is 32.4. The third kappa shape index (κ3) is 2.52. The molecule has 0 atom stereocenters. The van der Waals surface area contributed by atoms with Crippen molar-refractivity contribution in [3.05, 3.63) is 35.9 Å². The summed E-state index contributed by atoms with van der Waals surface area (Å²) in [5.41, 5.74) is 0.238. The minimum Gasteiger partial charge on any atom is -0.384 e. The van der Waals surface area contributed by atoms with Crippen LogP contribution in [-0.2, 0) is 14.3 Å². The fraction of sp³-hybridized carbons (Fsp3) is 0.100. The van der Waals surface area contributed by atoms with Crippen molar-refractivity contribution in [3.63, 3.8) is 0 Å². The predicted octanol–water partition coefficient (Wildman–Crippen LogP) is 0.959. The molecule has 0 amide bonds. The van der Waals surface area contributed by atoms with Crippen LogP contribution in [0.4, 0.5) is 0 Å². The number of hydrogen-bond acceptors (Lipinski definition) is 4. The highest BCUT2D eigenvalue weighted by atomic mass is 16.6. The number of ether oxygens (including phenoxy) is 1. The number of benzene rings is 1. The molecule has 4 nitrogen and oxygen atoms in total. The topological polar surface area (TPSA) is 60.4 Å². The molecule has 0 saturated heterocycles. The molecule has 0 spiro atoms. The molecule has 72 valence electrons. The Morgan fingerprint density at radius 2 is 1.64 bits per heavy atom. The van der Waals surface area contributed by atoms with E-state index >= 15 is 0 Å². The largest absolute Gasteiger partial charge is 0.384 e. The molecule has 0 saturated carbocycles. The van der Waals surface area contributed by atoms with Crippen molar-refractivity contribution in [2.45, 2.75) is 6.92 Å². The maximum absolute atomic E-state index is 11.2. The van der Waals surface area contributed by atoms with Gasteiger partial charge in [-0.3, -0.25) is 4.79 Å². The third-order valence-electron chi connectivity index (χ3n) is 1.48. The number of carbonyl (C=O) groups is 3. The summed E-state index contributed by atoms with van der Waals surface area (Å²) < 4.78 is 4.27. The van der Waals surface area contributed by atoms with E-state index in [-0.39, 0.29) is 5.56 Å². The van der Waals surface area contributed by atoms with Crippen LogP contribution in [0.15, 0.2) is 30.3 Å². The number of esters is 2. The molecule has 14 heavy (non-hydrogen) atoms. The van der Waals surface area contributed by atoms with E-state index in [2.05, 4.69) is 4.74 Å². The molecule has 4 heteroatoms. The summed E-state index contributed by atoms with van der Waals surface area (Å²) in [6, 6.07) is 7.98. The van der Waals surface area contributed by atoms with Crippen molar-refractivity contribution in [3.8, 4) is 0 Å². The van der Waals surface area contributed by atoms with Gasteiger partial charge < -0.3 is 4.74 Å². The summed E-state index contributed by atoms with van der Waals surface area (Å²) in [6.07, 6.45) is 0. The molecule has 0 bridgehead atoms. The highest BCUT2D eigenvalue weighted by molar-refractivity contribution is 6.34. The van der Waals surface area contributed by atoms with Gasteiger partial charge in [0.15, 0.2) is 0 Å². The minimum atomic E-state index is -1.14. The Kier molecular flexibility index (Phi) is 3.12. The predicted molar refractivity (Wildman–Crippen MR) is 47.5 cm³/mol. The second-order valence-electron chi connectivity index (χ2n) is 2.60. The van der Waals surface area contributed by atoms with E-state index in [0.717, 1.165) is 6.92 Å². The van der Waals surface area contributed by atoms with Crippen LogP contribution in [0.25, 0.3) is 0 Å². The van der Waals surface area contributed by atoms with Gasteiger partial charge >= 0.3 is 11.9 Å². The Balaban J connectivity index is 2.69. The quantitative estimate of drug-likeness (QED) is 0.397. The van der Waals surface area contributed by atoms with Crippen molar-refractivity contribution in [1.82, 2.24) is 0 Å². The minimum absolute atomic E-state index is 0.238. The number of hydrogen-bond donors (Lipinski definition) is 0. The molecule has 1 rings (SSSR count). The summed E-state index contributed by atoms with van der Waals surface area (Å²) in [6.45, 7) is 1.04. The van der Waals surface area contributed by atoms with Crippen molar-refractivity contribution in [2.24, 2.45) is 0 Å². The number of ketones is 1. The lowest BCUT2D eigenvalue weighted by molar-refractivity contribution is -0.148. The van der Waals surface area contributed by atoms with Gasteiger partial charge in [-0.25, -0.2) is 9.59 Å². The van der Waals surface area contributed by atoms with Crippen molar-refractivity contribution >= 4 is 17.7 Å². The third-order valence-corrected chi connectivity index (χ3v) is 1.48. The van der Waals surface area contributed by atoms with Crippen LogP contribution >= 0.6 is 0 Å². The normalized spacial score (nSPS) is 9.21. The van der Waals surface area contributed by atoms with Crippen LogP contribution < -0.4 is 0 Å². The molecule has 0 fully saturated rings. The van der Waals surface area contributed by atoms with Crippen LogP contribution in [0.3, 0.4) is 0 Å². The second-order valence-corrected chi connectivity index (χ2v) is 2.60. The molecule has 1 aromatic rings. The lowest BCUT2D eigenvalue weighted by atomic mass is 10.2. The van der Waals surface area contributed by atoms with E-state index in [0.29, 0.717) is 0 Å². The monoisotopic (exact) mass is 192 g/mol. The zero-order chi connectivity index (χ0) is 10.6. The van der Waals surface area contributed by atoms with Crippen molar-refractivity contribution in [2.75, 3.05) is 0 Å². The van der Waals surface area contributed by atoms with Gasteiger partial charge in [-0.2, -0.15) is 0 Å². The van der Waals surface area contributed by atoms with Gasteiger partial charge in [-0.15, -0.1) is 0 Å². The zero-order valence-electron chi connectivity index (χ0n) is 7.52. The molecule has 0 aliphatic heterocycles. The van der Waals surface area contributed by atoms with E-state index in [9.17, 15) is 14.4 Å². The number of carbonyl (C=O) groups excluding carboxylic acids is 3. The summed E-state index contributed by atoms with van der Waals surface area (Å²) in [5.74, 6) is -2.75. The van der Waals surface area contributed by atoms with Crippen LogP contribution in [0.2, 0.25) is 0 Å². The molecule has 0 aliphatic carbocycles. The highest BCUT2D eigenvalue weighted by Gasteiger charge is 2.15. The van der Waals surface area contributed by atoms with Gasteiger partial charge in [0, 0.05) is 6.92 Å². The first-order valence-corrected chi connectivity index (χ1v) is 3.93. The van der Waals surface area contributed by atoms with Crippen LogP contribution in [0.1, 0.15) is 17.3 Å². The Morgan fingerprint density at radius 1 is 1.07 bits per heavy atom. The van der Waals surface area contributed by atoms with Gasteiger partial charge in [-0.05, 0) is 12.1 Å². The van der Waals surface area contributed by atoms with Crippen molar-refractivity contribution < 1.29 is 19.1 Å². The van der Waals surface area contributed by atoms with Gasteiger partial charge in [-0.1, -0.05) is 18.2 Å².